The Balaban J connectivity index is 2.49. The maximum atomic E-state index is 3.60. The zero-order valence-electron chi connectivity index (χ0n) is 4.41. The van der Waals surface area contributed by atoms with Gasteiger partial charge in [-0.3, -0.25) is 0 Å². The quantitative estimate of drug-likeness (QED) is 0.274. The van der Waals surface area contributed by atoms with Gasteiger partial charge in [0.2, 0.25) is 0 Å². The Kier molecular flexibility index (Phi) is 4.65. The van der Waals surface area contributed by atoms with Crippen LogP contribution in [0.15, 0.2) is 12.7 Å². The third-order valence-electron chi connectivity index (χ3n) is 0.762. The molecule has 34 valence electrons. The van der Waals surface area contributed by atoms with Crippen molar-refractivity contribution in [3.63, 3.8) is 0 Å². The topological polar surface area (TPSA) is 0 Å². The first-order chi connectivity index (χ1) is 2.91. The number of rotatable bonds is 3. The summed E-state index contributed by atoms with van der Waals surface area (Å²) in [7, 11) is 1.30. The molecule has 0 aromatic carbocycles. The van der Waals surface area contributed by atoms with Gasteiger partial charge in [-0.15, -0.1) is 6.58 Å². The molecule has 6 heavy (non-hydrogen) atoms. The fourth-order valence-corrected chi connectivity index (χ4v) is 0.348. The fourth-order valence-electron chi connectivity index (χ4n) is 0.348. The third kappa shape index (κ3) is 3.80. The van der Waals surface area contributed by atoms with Gasteiger partial charge in [0.15, 0.2) is 0 Å². The van der Waals surface area contributed by atoms with Crippen molar-refractivity contribution in [3.05, 3.63) is 12.7 Å². The van der Waals surface area contributed by atoms with Crippen molar-refractivity contribution in [1.29, 1.82) is 0 Å². The van der Waals surface area contributed by atoms with E-state index in [1.54, 1.807) is 0 Å². The van der Waals surface area contributed by atoms with Crippen LogP contribution in [0.1, 0.15) is 6.92 Å². The molecule has 0 saturated heterocycles. The predicted octanol–water partition coefficient (Wildman–Crippen LogP) is 1.47. The summed E-state index contributed by atoms with van der Waals surface area (Å²) in [5.41, 5.74) is 0. The molecule has 0 aliphatic heterocycles. The molecule has 0 aromatic rings. The molecule has 0 fully saturated rings. The van der Waals surface area contributed by atoms with Gasteiger partial charge in [0, 0.05) is 0 Å². The lowest BCUT2D eigenvalue weighted by Gasteiger charge is -1.78. The minimum Gasteiger partial charge on any atom is -0.104 e. The largest absolute Gasteiger partial charge is 0.124 e. The van der Waals surface area contributed by atoms with Crippen molar-refractivity contribution in [2.45, 2.75) is 19.6 Å². The Labute approximate surface area is 40.5 Å². The van der Waals surface area contributed by atoms with Gasteiger partial charge in [0.05, 0.1) is 0 Å². The molecule has 0 heterocycles. The van der Waals surface area contributed by atoms with Gasteiger partial charge in [0.1, 0.15) is 7.28 Å². The van der Waals surface area contributed by atoms with Crippen LogP contribution in [0.2, 0.25) is 12.6 Å². The molecular formula is C5H11B. The first kappa shape index (κ1) is 5.80. The Bertz CT molecular complexity index is 32.9. The van der Waals surface area contributed by atoms with Crippen molar-refractivity contribution in [1.82, 2.24) is 0 Å². The first-order valence-corrected chi connectivity index (χ1v) is 2.52. The van der Waals surface area contributed by atoms with Crippen LogP contribution in [0.3, 0.4) is 0 Å². The van der Waals surface area contributed by atoms with Crippen LogP contribution in [0, 0.1) is 0 Å². The summed E-state index contributed by atoms with van der Waals surface area (Å²) in [6.07, 6.45) is 4.42. The van der Waals surface area contributed by atoms with Crippen molar-refractivity contribution in [2.24, 2.45) is 0 Å². The highest BCUT2D eigenvalue weighted by molar-refractivity contribution is 6.35. The highest BCUT2D eigenvalue weighted by Gasteiger charge is 1.75. The number of hydrogen-bond donors (Lipinski definition) is 0. The Hall–Kier alpha value is -0.195. The van der Waals surface area contributed by atoms with Crippen LogP contribution in [0.5, 0.6) is 0 Å². The molecule has 0 amide bonds. The molecule has 0 saturated carbocycles. The molecule has 0 aromatic heterocycles. The van der Waals surface area contributed by atoms with Crippen LogP contribution < -0.4 is 0 Å². The Morgan fingerprint density at radius 3 is 2.67 bits per heavy atom. The number of hydrogen-bond acceptors (Lipinski definition) is 0. The van der Waals surface area contributed by atoms with E-state index in [2.05, 4.69) is 13.5 Å². The van der Waals surface area contributed by atoms with E-state index in [0.29, 0.717) is 0 Å². The van der Waals surface area contributed by atoms with E-state index < -0.39 is 0 Å². The molecule has 0 bridgehead atoms. The lowest BCUT2D eigenvalue weighted by molar-refractivity contribution is 1.43. The minimum absolute atomic E-state index is 1.18. The van der Waals surface area contributed by atoms with E-state index in [1.807, 2.05) is 6.08 Å². The van der Waals surface area contributed by atoms with Gasteiger partial charge in [0.25, 0.3) is 0 Å². The van der Waals surface area contributed by atoms with E-state index in [0.717, 1.165) is 0 Å². The van der Waals surface area contributed by atoms with E-state index >= 15 is 0 Å². The molecule has 0 atom stereocenters. The van der Waals surface area contributed by atoms with Crippen LogP contribution in [0.4, 0.5) is 0 Å². The van der Waals surface area contributed by atoms with Crippen molar-refractivity contribution in [2.75, 3.05) is 0 Å². The summed E-state index contributed by atoms with van der Waals surface area (Å²) in [5, 5.41) is 0. The molecule has 0 unspecified atom stereocenters. The van der Waals surface area contributed by atoms with Crippen LogP contribution in [-0.2, 0) is 0 Å². The Morgan fingerprint density at radius 2 is 2.50 bits per heavy atom. The Morgan fingerprint density at radius 1 is 1.83 bits per heavy atom. The second-order valence-electron chi connectivity index (χ2n) is 1.43. The minimum atomic E-state index is 1.18. The molecule has 0 radical (unpaired) electrons. The van der Waals surface area contributed by atoms with Crippen LogP contribution in [-0.4, -0.2) is 7.28 Å². The van der Waals surface area contributed by atoms with Crippen molar-refractivity contribution in [3.8, 4) is 0 Å². The van der Waals surface area contributed by atoms with Gasteiger partial charge in [-0.1, -0.05) is 25.6 Å². The zero-order chi connectivity index (χ0) is 4.83. The maximum Gasteiger partial charge on any atom is 0.124 e. The second kappa shape index (κ2) is 4.80. The smallest absolute Gasteiger partial charge is 0.104 e. The molecule has 0 nitrogen and oxygen atoms in total. The van der Waals surface area contributed by atoms with Gasteiger partial charge in [-0.05, 0) is 0 Å². The highest BCUT2D eigenvalue weighted by atomic mass is 13.5. The first-order valence-electron chi connectivity index (χ1n) is 2.52. The lowest BCUT2D eigenvalue weighted by Crippen LogP contribution is -1.78. The summed E-state index contributed by atoms with van der Waals surface area (Å²) in [4.78, 5) is 0. The summed E-state index contributed by atoms with van der Waals surface area (Å²) < 4.78 is 0. The predicted molar refractivity (Wildman–Crippen MR) is 32.6 cm³/mol. The summed E-state index contributed by atoms with van der Waals surface area (Å²) >= 11 is 0. The normalized spacial score (nSPS) is 7.50. The molecule has 0 spiro atoms. The highest BCUT2D eigenvalue weighted by Crippen LogP contribution is 1.81. The molecule has 0 rings (SSSR count). The van der Waals surface area contributed by atoms with Crippen LogP contribution >= 0.6 is 0 Å². The standard InChI is InChI=1S/C5H11B/c1-3-5-6-4-2/h3,6H,1,4-5H2,2H3. The lowest BCUT2D eigenvalue weighted by atomic mass is 9.72. The van der Waals surface area contributed by atoms with Gasteiger partial charge in [-0.25, -0.2) is 0 Å². The van der Waals surface area contributed by atoms with Gasteiger partial charge in [-0.2, -0.15) is 0 Å². The molecule has 0 N–H and O–H groups in total. The zero-order valence-corrected chi connectivity index (χ0v) is 4.41. The molecule has 0 aliphatic rings. The van der Waals surface area contributed by atoms with E-state index in [-0.39, 0.29) is 0 Å². The summed E-state index contributed by atoms with van der Waals surface area (Å²) in [6, 6.07) is 0. The van der Waals surface area contributed by atoms with Crippen molar-refractivity contribution >= 4 is 7.28 Å². The SMILES string of the molecule is C=CCBCC. The molecule has 0 aliphatic carbocycles. The van der Waals surface area contributed by atoms with Gasteiger partial charge < -0.3 is 0 Å². The summed E-state index contributed by atoms with van der Waals surface area (Å²) in [5.74, 6) is 0. The molecular weight excluding hydrogens is 70.9 g/mol. The third-order valence-corrected chi connectivity index (χ3v) is 0.762. The van der Waals surface area contributed by atoms with Crippen molar-refractivity contribution < 1.29 is 0 Å². The average Bonchev–Trinajstić information content (AvgIpc) is 1.61. The summed E-state index contributed by atoms with van der Waals surface area (Å²) in [6.45, 7) is 5.78. The molecule has 1 heteroatoms. The maximum absolute atomic E-state index is 3.60. The van der Waals surface area contributed by atoms with E-state index in [1.165, 1.54) is 19.9 Å². The number of allylic oxidation sites excluding steroid dienone is 1. The monoisotopic (exact) mass is 82.1 g/mol. The van der Waals surface area contributed by atoms with E-state index in [9.17, 15) is 0 Å². The average molecular weight is 82.0 g/mol. The fraction of sp³-hybridized carbons (Fsp3) is 0.600. The van der Waals surface area contributed by atoms with E-state index in [4.69, 9.17) is 0 Å². The van der Waals surface area contributed by atoms with Gasteiger partial charge >= 0.3 is 0 Å². The second-order valence-corrected chi connectivity index (χ2v) is 1.43. The van der Waals surface area contributed by atoms with Crippen LogP contribution in [0.25, 0.3) is 0 Å².